The molecule has 3 N–H and O–H groups in total. The number of hydrogen-bond acceptors (Lipinski definition) is 4. The minimum atomic E-state index is -3.53. The van der Waals surface area contributed by atoms with Crippen LogP contribution in [0.4, 0.5) is 11.4 Å². The molecule has 8 heteroatoms. The van der Waals surface area contributed by atoms with Gasteiger partial charge in [0.05, 0.1) is 37.8 Å². The first-order valence-electron chi connectivity index (χ1n) is 8.69. The van der Waals surface area contributed by atoms with Crippen molar-refractivity contribution in [2.24, 2.45) is 4.99 Å². The molecule has 1 atom stereocenters. The molecule has 0 saturated heterocycles. The highest BCUT2D eigenvalue weighted by Gasteiger charge is 2.28. The monoisotopic (exact) mass is 387 g/mol. The third kappa shape index (κ3) is 4.60. The van der Waals surface area contributed by atoms with Crippen molar-refractivity contribution in [2.75, 3.05) is 32.5 Å². The van der Waals surface area contributed by atoms with Gasteiger partial charge in [-0.25, -0.2) is 13.1 Å². The number of carbonyl (C=O) groups excluding carboxylic acids is 1. The number of aliphatic imine (C=N–C) groups is 1. The number of nitrogens with one attached hydrogen (secondary N) is 3. The number of sulfonamides is 1. The number of nitrogens with zero attached hydrogens (tertiary/aromatic N) is 1. The first-order chi connectivity index (χ1) is 12.9. The zero-order valence-corrected chi connectivity index (χ0v) is 16.1. The molecule has 27 heavy (non-hydrogen) atoms. The summed E-state index contributed by atoms with van der Waals surface area (Å²) in [5.41, 5.74) is 2.27. The van der Waals surface area contributed by atoms with Gasteiger partial charge < -0.3 is 10.2 Å². The molecule has 3 rings (SSSR count). The molecule has 0 saturated carbocycles. The van der Waals surface area contributed by atoms with E-state index in [2.05, 4.69) is 15.0 Å². The van der Waals surface area contributed by atoms with Crippen molar-refractivity contribution in [1.82, 2.24) is 4.72 Å². The fourth-order valence-electron chi connectivity index (χ4n) is 2.77. The second-order valence-electron chi connectivity index (χ2n) is 6.68. The molecule has 0 radical (unpaired) electrons. The van der Waals surface area contributed by atoms with E-state index in [1.54, 1.807) is 18.3 Å². The number of hydrogen-bond donors (Lipinski definition) is 3. The van der Waals surface area contributed by atoms with Crippen LogP contribution < -0.4 is 14.9 Å². The predicted molar refractivity (Wildman–Crippen MR) is 105 cm³/mol. The van der Waals surface area contributed by atoms with Crippen LogP contribution in [-0.2, 0) is 14.8 Å². The minimum absolute atomic E-state index is 0.119. The lowest BCUT2D eigenvalue weighted by Crippen LogP contribution is -3.06. The number of fused-ring (bicyclic) bond motifs is 1. The SMILES string of the molecule is C[NH+](C)CCNS(=O)(=O)c1ccc(N=CC2C(=O)Nc3ccccc32)cc1. The van der Waals surface area contributed by atoms with Gasteiger partial charge in [0.1, 0.15) is 5.92 Å². The maximum atomic E-state index is 12.3. The number of rotatable bonds is 7. The Balaban J connectivity index is 1.69. The van der Waals surface area contributed by atoms with Gasteiger partial charge in [-0.1, -0.05) is 18.2 Å². The molecule has 1 aliphatic heterocycles. The standard InChI is InChI=1S/C19H22N4O3S/c1-23(2)12-11-21-27(25,26)15-9-7-14(8-10-15)20-13-17-16-5-3-4-6-18(16)22-19(17)24/h3-10,13,17,21H,11-12H2,1-2H3,(H,22,24)/p+1. The summed E-state index contributed by atoms with van der Waals surface area (Å²) in [6.45, 7) is 1.08. The summed E-state index contributed by atoms with van der Waals surface area (Å²) in [7, 11) is 0.393. The summed E-state index contributed by atoms with van der Waals surface area (Å²) in [6.07, 6.45) is 1.59. The lowest BCUT2D eigenvalue weighted by molar-refractivity contribution is -0.856. The van der Waals surface area contributed by atoms with Gasteiger partial charge in [0.25, 0.3) is 0 Å². The van der Waals surface area contributed by atoms with Gasteiger partial charge >= 0.3 is 0 Å². The molecule has 0 spiro atoms. The number of amides is 1. The quantitative estimate of drug-likeness (QED) is 0.606. The lowest BCUT2D eigenvalue weighted by atomic mass is 10.0. The Morgan fingerprint density at radius 1 is 1.15 bits per heavy atom. The van der Waals surface area contributed by atoms with E-state index in [1.165, 1.54) is 17.0 Å². The summed E-state index contributed by atoms with van der Waals surface area (Å²) in [5.74, 6) is -0.564. The average Bonchev–Trinajstić information content (AvgIpc) is 2.95. The maximum Gasteiger partial charge on any atom is 0.240 e. The summed E-state index contributed by atoms with van der Waals surface area (Å²) < 4.78 is 27.1. The van der Waals surface area contributed by atoms with Crippen molar-refractivity contribution in [2.45, 2.75) is 10.8 Å². The number of para-hydroxylation sites is 1. The van der Waals surface area contributed by atoms with Gasteiger partial charge in [0.2, 0.25) is 15.9 Å². The van der Waals surface area contributed by atoms with Crippen LogP contribution >= 0.6 is 0 Å². The van der Waals surface area contributed by atoms with Crippen LogP contribution in [-0.4, -0.2) is 47.7 Å². The van der Waals surface area contributed by atoms with Crippen LogP contribution in [0.25, 0.3) is 0 Å². The number of likely N-dealkylation sites (N-methyl/N-ethyl adjacent to an activating group) is 1. The highest BCUT2D eigenvalue weighted by molar-refractivity contribution is 7.89. The smallest absolute Gasteiger partial charge is 0.240 e. The second-order valence-corrected chi connectivity index (χ2v) is 8.45. The highest BCUT2D eigenvalue weighted by atomic mass is 32.2. The van der Waals surface area contributed by atoms with E-state index < -0.39 is 15.9 Å². The third-order valence-electron chi connectivity index (χ3n) is 4.27. The van der Waals surface area contributed by atoms with Gasteiger partial charge in [-0.2, -0.15) is 0 Å². The van der Waals surface area contributed by atoms with Crippen LogP contribution in [0.1, 0.15) is 11.5 Å². The zero-order valence-electron chi connectivity index (χ0n) is 15.3. The number of benzene rings is 2. The van der Waals surface area contributed by atoms with Crippen LogP contribution in [0.5, 0.6) is 0 Å². The molecule has 1 unspecified atom stereocenters. The van der Waals surface area contributed by atoms with Crippen LogP contribution in [0.2, 0.25) is 0 Å². The summed E-state index contributed by atoms with van der Waals surface area (Å²) >= 11 is 0. The lowest BCUT2D eigenvalue weighted by Gasteiger charge is -2.09. The fraction of sp³-hybridized carbons (Fsp3) is 0.263. The largest absolute Gasteiger partial charge is 0.339 e. The van der Waals surface area contributed by atoms with Crippen molar-refractivity contribution < 1.29 is 18.1 Å². The molecular weight excluding hydrogens is 364 g/mol. The van der Waals surface area contributed by atoms with E-state index in [4.69, 9.17) is 0 Å². The first-order valence-corrected chi connectivity index (χ1v) is 10.2. The molecule has 7 nitrogen and oxygen atoms in total. The molecule has 142 valence electrons. The normalized spacial score (nSPS) is 16.7. The number of quaternary nitrogens is 1. The van der Waals surface area contributed by atoms with Gasteiger partial charge in [0, 0.05) is 11.9 Å². The molecule has 0 aliphatic carbocycles. The van der Waals surface area contributed by atoms with Gasteiger partial charge in [0.15, 0.2) is 0 Å². The van der Waals surface area contributed by atoms with Crippen molar-refractivity contribution in [3.63, 3.8) is 0 Å². The molecule has 1 aliphatic rings. The van der Waals surface area contributed by atoms with Crippen molar-refractivity contribution in [3.8, 4) is 0 Å². The fourth-order valence-corrected chi connectivity index (χ4v) is 3.80. The van der Waals surface area contributed by atoms with E-state index in [1.807, 2.05) is 38.4 Å². The van der Waals surface area contributed by atoms with E-state index in [-0.39, 0.29) is 10.8 Å². The number of carbonyl (C=O) groups is 1. The van der Waals surface area contributed by atoms with Crippen LogP contribution in [0.15, 0.2) is 58.4 Å². The summed E-state index contributed by atoms with van der Waals surface area (Å²) in [4.78, 5) is 17.8. The zero-order chi connectivity index (χ0) is 19.4. The summed E-state index contributed by atoms with van der Waals surface area (Å²) in [5, 5.41) is 2.82. The molecule has 1 heterocycles. The Hall–Kier alpha value is -2.55. The molecule has 0 aromatic heterocycles. The Kier molecular flexibility index (Phi) is 5.69. The first kappa shape index (κ1) is 19.2. The van der Waals surface area contributed by atoms with Gasteiger partial charge in [-0.05, 0) is 35.9 Å². The molecular formula is C19H23N4O3S+. The van der Waals surface area contributed by atoms with Crippen molar-refractivity contribution >= 4 is 33.5 Å². The Labute approximate surface area is 159 Å². The highest BCUT2D eigenvalue weighted by Crippen LogP contribution is 2.31. The maximum absolute atomic E-state index is 12.3. The third-order valence-corrected chi connectivity index (χ3v) is 5.75. The van der Waals surface area contributed by atoms with Gasteiger partial charge in [-0.15, -0.1) is 0 Å². The van der Waals surface area contributed by atoms with E-state index in [0.717, 1.165) is 11.3 Å². The van der Waals surface area contributed by atoms with E-state index >= 15 is 0 Å². The Morgan fingerprint density at radius 2 is 1.85 bits per heavy atom. The number of anilines is 1. The topological polar surface area (TPSA) is 92.1 Å². The van der Waals surface area contributed by atoms with E-state index in [0.29, 0.717) is 18.8 Å². The second kappa shape index (κ2) is 7.99. The van der Waals surface area contributed by atoms with Crippen molar-refractivity contribution in [1.29, 1.82) is 0 Å². The summed E-state index contributed by atoms with van der Waals surface area (Å²) in [6, 6.07) is 13.8. The minimum Gasteiger partial charge on any atom is -0.339 e. The molecule has 0 bridgehead atoms. The van der Waals surface area contributed by atoms with Crippen LogP contribution in [0.3, 0.4) is 0 Å². The molecule has 0 fully saturated rings. The van der Waals surface area contributed by atoms with Gasteiger partial charge in [-0.3, -0.25) is 9.79 Å². The van der Waals surface area contributed by atoms with Crippen molar-refractivity contribution in [3.05, 3.63) is 54.1 Å². The van der Waals surface area contributed by atoms with E-state index in [9.17, 15) is 13.2 Å². The Morgan fingerprint density at radius 3 is 2.56 bits per heavy atom. The average molecular weight is 387 g/mol. The molecule has 2 aromatic rings. The predicted octanol–water partition coefficient (Wildman–Crippen LogP) is 0.548. The molecule has 1 amide bonds. The Bertz CT molecular complexity index is 953. The molecule has 2 aromatic carbocycles. The van der Waals surface area contributed by atoms with Crippen LogP contribution in [0, 0.1) is 0 Å².